The Bertz CT molecular complexity index is 1010. The highest BCUT2D eigenvalue weighted by atomic mass is 32.2. The van der Waals surface area contributed by atoms with E-state index in [0.717, 1.165) is 29.4 Å². The Balaban J connectivity index is 1.54. The number of carbonyl (C=O) groups is 1. The number of nitrogens with zero attached hydrogens (tertiary/aromatic N) is 4. The molecule has 1 aromatic carbocycles. The molecule has 11 heteroatoms. The Morgan fingerprint density at radius 1 is 1.12 bits per heavy atom. The SMILES string of the molecule is CN(Cc1nccn1CC(F)(F)F)C(=O)CCc1ccc(S(=O)(=O)N2CCCCC2)cc1. The molecular formula is C21H27F3N4O3S. The van der Waals surface area contributed by atoms with Gasteiger partial charge < -0.3 is 9.47 Å². The first-order valence-corrected chi connectivity index (χ1v) is 11.9. The highest BCUT2D eigenvalue weighted by molar-refractivity contribution is 7.89. The number of benzene rings is 1. The maximum atomic E-state index is 12.7. The van der Waals surface area contributed by atoms with Crippen molar-refractivity contribution in [1.82, 2.24) is 18.8 Å². The molecule has 0 unspecified atom stereocenters. The molecule has 0 spiro atoms. The Hall–Kier alpha value is -2.40. The summed E-state index contributed by atoms with van der Waals surface area (Å²) in [6, 6.07) is 6.50. The van der Waals surface area contributed by atoms with Gasteiger partial charge in [0.15, 0.2) is 0 Å². The number of aromatic nitrogens is 2. The standard InChI is InChI=1S/C21H27F3N4O3S/c1-26(15-19-25-11-14-27(19)16-21(22,23)24)20(29)10-7-17-5-8-18(9-6-17)32(30,31)28-12-3-2-4-13-28/h5-6,8-9,11,14H,2-4,7,10,12-13,15-16H2,1H3. The van der Waals surface area contributed by atoms with E-state index in [2.05, 4.69) is 4.98 Å². The first kappa shape index (κ1) is 24.2. The number of amides is 1. The molecule has 1 aliphatic heterocycles. The quantitative estimate of drug-likeness (QED) is 0.591. The van der Waals surface area contributed by atoms with Crippen molar-refractivity contribution in [3.63, 3.8) is 0 Å². The van der Waals surface area contributed by atoms with Crippen LogP contribution in [0.5, 0.6) is 0 Å². The predicted molar refractivity (Wildman–Crippen MR) is 112 cm³/mol. The summed E-state index contributed by atoms with van der Waals surface area (Å²) in [5.41, 5.74) is 0.808. The van der Waals surface area contributed by atoms with Crippen molar-refractivity contribution in [2.75, 3.05) is 20.1 Å². The number of hydrogen-bond donors (Lipinski definition) is 0. The lowest BCUT2D eigenvalue weighted by Gasteiger charge is -2.25. The molecule has 1 aliphatic rings. The van der Waals surface area contributed by atoms with E-state index in [-0.39, 0.29) is 29.6 Å². The topological polar surface area (TPSA) is 75.5 Å². The third kappa shape index (κ3) is 6.32. The number of alkyl halides is 3. The fourth-order valence-corrected chi connectivity index (χ4v) is 5.17. The van der Waals surface area contributed by atoms with Gasteiger partial charge in [-0.15, -0.1) is 0 Å². The first-order valence-electron chi connectivity index (χ1n) is 10.5. The minimum absolute atomic E-state index is 0.0328. The second-order valence-corrected chi connectivity index (χ2v) is 9.88. The monoisotopic (exact) mass is 472 g/mol. The maximum Gasteiger partial charge on any atom is 0.406 e. The molecule has 0 N–H and O–H groups in total. The number of halogens is 3. The number of imidazole rings is 1. The van der Waals surface area contributed by atoms with E-state index < -0.39 is 22.7 Å². The van der Waals surface area contributed by atoms with E-state index >= 15 is 0 Å². The molecule has 176 valence electrons. The van der Waals surface area contributed by atoms with Gasteiger partial charge in [0.25, 0.3) is 0 Å². The van der Waals surface area contributed by atoms with Crippen molar-refractivity contribution in [1.29, 1.82) is 0 Å². The Labute approximate surface area is 185 Å². The van der Waals surface area contributed by atoms with E-state index in [1.165, 1.54) is 28.6 Å². The molecule has 7 nitrogen and oxygen atoms in total. The lowest BCUT2D eigenvalue weighted by molar-refractivity contribution is -0.141. The van der Waals surface area contributed by atoms with Crippen LogP contribution in [0.3, 0.4) is 0 Å². The normalized spacial score (nSPS) is 15.6. The van der Waals surface area contributed by atoms with E-state index in [1.807, 2.05) is 0 Å². The summed E-state index contributed by atoms with van der Waals surface area (Å²) in [5, 5.41) is 0. The summed E-state index contributed by atoms with van der Waals surface area (Å²) in [4.78, 5) is 17.9. The van der Waals surface area contributed by atoms with E-state index in [1.54, 1.807) is 24.3 Å². The molecule has 0 atom stereocenters. The highest BCUT2D eigenvalue weighted by Gasteiger charge is 2.29. The zero-order chi connectivity index (χ0) is 23.4. The van der Waals surface area contributed by atoms with Crippen LogP contribution in [0.2, 0.25) is 0 Å². The van der Waals surface area contributed by atoms with Crippen LogP contribution >= 0.6 is 0 Å². The summed E-state index contributed by atoms with van der Waals surface area (Å²) in [7, 11) is -1.98. The molecule has 2 heterocycles. The smallest absolute Gasteiger partial charge is 0.338 e. The number of aryl methyl sites for hydroxylation is 1. The zero-order valence-corrected chi connectivity index (χ0v) is 18.7. The first-order chi connectivity index (χ1) is 15.1. The molecule has 1 aromatic heterocycles. The Morgan fingerprint density at radius 2 is 1.78 bits per heavy atom. The van der Waals surface area contributed by atoms with Crippen LogP contribution in [-0.4, -0.2) is 59.4 Å². The largest absolute Gasteiger partial charge is 0.406 e. The number of sulfonamides is 1. The maximum absolute atomic E-state index is 12.7. The summed E-state index contributed by atoms with van der Waals surface area (Å²) < 4.78 is 65.8. The summed E-state index contributed by atoms with van der Waals surface area (Å²) >= 11 is 0. The van der Waals surface area contributed by atoms with Gasteiger partial charge in [0, 0.05) is 39.0 Å². The van der Waals surface area contributed by atoms with E-state index in [0.29, 0.717) is 19.5 Å². The fourth-order valence-electron chi connectivity index (χ4n) is 3.65. The average molecular weight is 473 g/mol. The molecular weight excluding hydrogens is 445 g/mol. The van der Waals surface area contributed by atoms with Crippen molar-refractivity contribution in [2.45, 2.75) is 56.3 Å². The van der Waals surface area contributed by atoms with Crippen molar-refractivity contribution < 1.29 is 26.4 Å². The minimum Gasteiger partial charge on any atom is -0.338 e. The van der Waals surface area contributed by atoms with Gasteiger partial charge in [-0.3, -0.25) is 4.79 Å². The molecule has 0 saturated carbocycles. The molecule has 0 aliphatic carbocycles. The molecule has 1 saturated heterocycles. The molecule has 1 fully saturated rings. The lowest BCUT2D eigenvalue weighted by atomic mass is 10.1. The molecule has 1 amide bonds. The van der Waals surface area contributed by atoms with Gasteiger partial charge in [-0.05, 0) is 37.0 Å². The minimum atomic E-state index is -4.37. The van der Waals surface area contributed by atoms with Crippen molar-refractivity contribution >= 4 is 15.9 Å². The van der Waals surface area contributed by atoms with Crippen LogP contribution < -0.4 is 0 Å². The van der Waals surface area contributed by atoms with Gasteiger partial charge in [0.1, 0.15) is 12.4 Å². The third-order valence-corrected chi connectivity index (χ3v) is 7.37. The van der Waals surface area contributed by atoms with E-state index in [9.17, 15) is 26.4 Å². The summed E-state index contributed by atoms with van der Waals surface area (Å²) in [6.45, 7) is -0.121. The van der Waals surface area contributed by atoms with Gasteiger partial charge in [0.05, 0.1) is 11.4 Å². The second kappa shape index (κ2) is 10.0. The van der Waals surface area contributed by atoms with Crippen molar-refractivity contribution in [3.05, 3.63) is 48.0 Å². The Morgan fingerprint density at radius 3 is 2.41 bits per heavy atom. The summed E-state index contributed by atoms with van der Waals surface area (Å²) in [5.74, 6) is -0.0815. The molecule has 32 heavy (non-hydrogen) atoms. The number of rotatable bonds is 8. The van der Waals surface area contributed by atoms with E-state index in [4.69, 9.17) is 0 Å². The number of piperidine rings is 1. The van der Waals surface area contributed by atoms with Crippen molar-refractivity contribution in [3.8, 4) is 0 Å². The van der Waals surface area contributed by atoms with Crippen LogP contribution in [0, 0.1) is 0 Å². The van der Waals surface area contributed by atoms with Crippen LogP contribution in [0.4, 0.5) is 13.2 Å². The van der Waals surface area contributed by atoms with Gasteiger partial charge in [-0.1, -0.05) is 18.6 Å². The van der Waals surface area contributed by atoms with Crippen LogP contribution in [-0.2, 0) is 34.3 Å². The lowest BCUT2D eigenvalue weighted by Crippen LogP contribution is -2.35. The molecule has 2 aromatic rings. The summed E-state index contributed by atoms with van der Waals surface area (Å²) in [6.07, 6.45) is 1.45. The highest BCUT2D eigenvalue weighted by Crippen LogP contribution is 2.22. The van der Waals surface area contributed by atoms with Gasteiger partial charge in [-0.2, -0.15) is 17.5 Å². The fraction of sp³-hybridized carbons (Fsp3) is 0.524. The number of carbonyl (C=O) groups excluding carboxylic acids is 1. The zero-order valence-electron chi connectivity index (χ0n) is 17.9. The van der Waals surface area contributed by atoms with Crippen LogP contribution in [0.1, 0.15) is 37.1 Å². The van der Waals surface area contributed by atoms with Gasteiger partial charge in [0.2, 0.25) is 15.9 Å². The van der Waals surface area contributed by atoms with Gasteiger partial charge >= 0.3 is 6.18 Å². The average Bonchev–Trinajstić information content (AvgIpc) is 3.17. The second-order valence-electron chi connectivity index (χ2n) is 7.95. The van der Waals surface area contributed by atoms with Crippen LogP contribution in [0.25, 0.3) is 0 Å². The van der Waals surface area contributed by atoms with Gasteiger partial charge in [-0.25, -0.2) is 13.4 Å². The molecule has 0 radical (unpaired) electrons. The molecule has 3 rings (SSSR count). The third-order valence-electron chi connectivity index (χ3n) is 5.46. The predicted octanol–water partition coefficient (Wildman–Crippen LogP) is 3.21. The van der Waals surface area contributed by atoms with Crippen LogP contribution in [0.15, 0.2) is 41.6 Å². The number of hydrogen-bond acceptors (Lipinski definition) is 4. The molecule has 0 bridgehead atoms. The van der Waals surface area contributed by atoms with Crippen molar-refractivity contribution in [2.24, 2.45) is 0 Å². The Kier molecular flexibility index (Phi) is 7.60.